The summed E-state index contributed by atoms with van der Waals surface area (Å²) in [6.45, 7) is 14.1. The normalized spacial score (nSPS) is 21.5. The predicted molar refractivity (Wildman–Crippen MR) is 404 cm³/mol. The number of nitrogens with zero attached hydrogens (tertiary/aromatic N) is 22. The van der Waals surface area contributed by atoms with Crippen molar-refractivity contribution in [2.24, 2.45) is 23.7 Å². The van der Waals surface area contributed by atoms with Crippen LogP contribution in [0.5, 0.6) is 0 Å². The zero-order valence-electron chi connectivity index (χ0n) is 62.1. The number of piperazine rings is 4. The number of anilines is 4. The van der Waals surface area contributed by atoms with Gasteiger partial charge in [-0.1, -0.05) is 12.1 Å². The van der Waals surface area contributed by atoms with Gasteiger partial charge >= 0.3 is 11.9 Å². The number of aliphatic carboxylic acids is 1. The van der Waals surface area contributed by atoms with Crippen molar-refractivity contribution < 1.29 is 43.4 Å². The first-order valence-electron chi connectivity index (χ1n) is 37.3. The number of pyridine rings is 6. The zero-order chi connectivity index (χ0) is 78.3. The molecule has 16 heterocycles. The van der Waals surface area contributed by atoms with E-state index in [0.29, 0.717) is 91.5 Å². The Kier molecular flexibility index (Phi) is 24.8. The van der Waals surface area contributed by atoms with Crippen LogP contribution in [0.1, 0.15) is 123 Å². The smallest absolute Gasteiger partial charge is 0.306 e. The van der Waals surface area contributed by atoms with E-state index < -0.39 is 17.5 Å². The van der Waals surface area contributed by atoms with Crippen LogP contribution >= 0.6 is 0 Å². The minimum Gasteiger partial charge on any atom is -0.481 e. The van der Waals surface area contributed by atoms with E-state index in [0.717, 1.165) is 125 Å². The molecule has 0 aromatic carbocycles. The summed E-state index contributed by atoms with van der Waals surface area (Å²) in [6, 6.07) is 34.7. The summed E-state index contributed by atoms with van der Waals surface area (Å²) < 4.78 is 8.71. The van der Waals surface area contributed by atoms with E-state index in [1.54, 1.807) is 78.3 Å². The summed E-state index contributed by atoms with van der Waals surface area (Å²) in [6.07, 6.45) is 22.4. The van der Waals surface area contributed by atoms with Crippen molar-refractivity contribution in [2.75, 3.05) is 98.1 Å². The van der Waals surface area contributed by atoms with Crippen molar-refractivity contribution in [3.05, 3.63) is 156 Å². The van der Waals surface area contributed by atoms with E-state index in [9.17, 15) is 33.6 Å². The molecule has 31 heteroatoms. The number of rotatable bonds is 15. The lowest BCUT2D eigenvalue weighted by Crippen LogP contribution is -2.51. The summed E-state index contributed by atoms with van der Waals surface area (Å²) >= 11 is 0. The lowest BCUT2D eigenvalue weighted by atomic mass is 9.97. The van der Waals surface area contributed by atoms with Gasteiger partial charge in [-0.2, -0.15) is 31.2 Å². The molecule has 0 radical (unpaired) electrons. The fourth-order valence-electron chi connectivity index (χ4n) is 15.9. The average Bonchev–Trinajstić information content (AvgIpc) is 1.68. The number of amides is 4. The molecule has 0 unspecified atom stereocenters. The molecule has 8 fully saturated rings. The molecule has 31 nitrogen and oxygen atoms in total. The second-order valence-corrected chi connectivity index (χ2v) is 29.5. The van der Waals surface area contributed by atoms with Crippen LogP contribution in [0.2, 0.25) is 0 Å². The average molecular weight is 1500 g/mol. The maximum Gasteiger partial charge on any atom is 0.306 e. The summed E-state index contributed by atoms with van der Waals surface area (Å²) in [4.78, 5) is 125. The quantitative estimate of drug-likeness (QED) is 0.0679. The number of nitriles is 4. The highest BCUT2D eigenvalue weighted by atomic mass is 16.6. The Morgan fingerprint density at radius 1 is 0.514 bits per heavy atom. The van der Waals surface area contributed by atoms with Crippen molar-refractivity contribution in [3.63, 3.8) is 0 Å². The molecule has 1 N–H and O–H groups in total. The Balaban J connectivity index is 0.000000132. The maximum atomic E-state index is 12.9. The van der Waals surface area contributed by atoms with Crippen molar-refractivity contribution in [3.8, 4) is 36.6 Å². The molecule has 8 aliphatic heterocycles. The van der Waals surface area contributed by atoms with Crippen molar-refractivity contribution >= 4 is 76.4 Å². The SMILES string of the molecule is C#CC[C@H]1C[C@H]2CN(c3ccc(C#N)cn3)CCN2C1=O.CC(C)(C)OC(=O)CC[C@H]1C[C@H]2CN(c3ccc(C#N)cn3)CCN2C1=O.N#Cc1ccc(N2CCN3C(=O)[C@@H](CC(=O)O)C[C@H]3C2)nc1.N#Cc1ccc(N2CCN3C(=O)[C@@H](CCCc4cccc5ncnn45)C[C@H]3C2)nc1.O=Cc1cccc2ncnn12. The van der Waals surface area contributed by atoms with Gasteiger partial charge in [0.25, 0.3) is 0 Å². The lowest BCUT2D eigenvalue weighted by Gasteiger charge is -2.38. The van der Waals surface area contributed by atoms with Crippen molar-refractivity contribution in [1.29, 1.82) is 21.0 Å². The van der Waals surface area contributed by atoms with E-state index in [-0.39, 0.29) is 78.5 Å². The molecule has 8 atom stereocenters. The number of terminal acetylenes is 1. The van der Waals surface area contributed by atoms with E-state index >= 15 is 0 Å². The first kappa shape index (κ1) is 77.7. The highest BCUT2D eigenvalue weighted by Gasteiger charge is 2.46. The summed E-state index contributed by atoms with van der Waals surface area (Å²) in [7, 11) is 0. The first-order valence-corrected chi connectivity index (χ1v) is 37.3. The highest BCUT2D eigenvalue weighted by molar-refractivity contribution is 5.86. The van der Waals surface area contributed by atoms with Crippen LogP contribution in [0.4, 0.5) is 23.3 Å². The molecule has 0 aliphatic carbocycles. The third-order valence-corrected chi connectivity index (χ3v) is 21.2. The van der Waals surface area contributed by atoms with Gasteiger partial charge in [-0.3, -0.25) is 33.6 Å². The second-order valence-electron chi connectivity index (χ2n) is 29.5. The number of aryl methyl sites for hydroxylation is 1. The van der Waals surface area contributed by atoms with E-state index in [1.165, 1.54) is 17.0 Å². The van der Waals surface area contributed by atoms with Crippen LogP contribution in [-0.2, 0) is 39.9 Å². The fourth-order valence-corrected chi connectivity index (χ4v) is 15.9. The van der Waals surface area contributed by atoms with Gasteiger partial charge in [0.15, 0.2) is 17.6 Å². The highest BCUT2D eigenvalue weighted by Crippen LogP contribution is 2.36. The zero-order valence-corrected chi connectivity index (χ0v) is 62.1. The topological polar surface area (TPSA) is 382 Å². The van der Waals surface area contributed by atoms with E-state index in [1.807, 2.05) is 71.5 Å². The maximum absolute atomic E-state index is 12.9. The van der Waals surface area contributed by atoms with Crippen LogP contribution in [-0.4, -0.2) is 224 Å². The second kappa shape index (κ2) is 35.4. The molecule has 8 aliphatic rings. The van der Waals surface area contributed by atoms with Gasteiger partial charge in [0, 0.05) is 134 Å². The number of carboxylic acid groups (broad SMARTS) is 1. The Hall–Kier alpha value is -13.0. The van der Waals surface area contributed by atoms with Gasteiger partial charge in [0.1, 0.15) is 71.5 Å². The Bertz CT molecular complexity index is 4900. The Morgan fingerprint density at radius 2 is 0.901 bits per heavy atom. The molecule has 4 amide bonds. The molecular formula is C80H86N22O9. The Labute approximate surface area is 642 Å². The van der Waals surface area contributed by atoms with Crippen LogP contribution in [0, 0.1) is 81.3 Å². The van der Waals surface area contributed by atoms with Crippen LogP contribution in [0.3, 0.4) is 0 Å². The molecule has 111 heavy (non-hydrogen) atoms. The number of carboxylic acids is 1. The molecule has 0 bridgehead atoms. The number of ether oxygens (including phenoxy) is 1. The largest absolute Gasteiger partial charge is 0.481 e. The van der Waals surface area contributed by atoms with Gasteiger partial charge in [0.2, 0.25) is 23.6 Å². The first-order chi connectivity index (χ1) is 53.7. The van der Waals surface area contributed by atoms with Gasteiger partial charge in [-0.05, 0) is 145 Å². The van der Waals surface area contributed by atoms with Crippen LogP contribution in [0.15, 0.2) is 122 Å². The van der Waals surface area contributed by atoms with Gasteiger partial charge in [-0.15, -0.1) is 12.3 Å². The van der Waals surface area contributed by atoms with Crippen molar-refractivity contribution in [1.82, 2.24) is 68.7 Å². The number of carbonyl (C=O) groups excluding carboxylic acids is 6. The summed E-state index contributed by atoms with van der Waals surface area (Å²) in [5.74, 6) is 4.95. The molecule has 8 aromatic rings. The summed E-state index contributed by atoms with van der Waals surface area (Å²) in [5, 5.41) is 52.5. The van der Waals surface area contributed by atoms with Crippen molar-refractivity contribution in [2.45, 2.75) is 121 Å². The minimum atomic E-state index is -0.927. The molecule has 0 saturated carbocycles. The van der Waals surface area contributed by atoms with Gasteiger partial charge in [0.05, 0.1) is 64.7 Å². The van der Waals surface area contributed by atoms with Gasteiger partial charge in [-0.25, -0.2) is 38.9 Å². The fraction of sp³-hybridized carbons (Fsp3) is 0.438. The number of hydrogen-bond donors (Lipinski definition) is 1. The van der Waals surface area contributed by atoms with Crippen LogP contribution in [0.25, 0.3) is 11.3 Å². The number of aromatic nitrogens is 10. The standard InChI is InChI=1S/C22H23N7O.C20H26N4O3.C16H16N4O.C15H16N4O3.C7H5N3O/c23-12-16-7-8-20(24-13-16)27-9-10-28-19(14-27)11-17(22(28)30)3-1-4-18-5-2-6-21-25-15-26-29(18)21;1-20(2,3)27-18(25)7-5-15-10-16-13-23(8-9-24(16)19(15)26)17-6-4-14(11-21)12-22-17;1-2-3-13-8-14-11-19(6-7-20(14)16(13)21)15-5-4-12(9-17)10-18-15;16-7-10-1-2-13(17-8-10)18-3-4-19-12(9-18)5-11(15(19)22)6-14(20)21;11-4-6-2-1-3-7-8-5-9-10(6)7/h2,5-8,13,15,17,19H,1,3-4,9-11,14H2;4,6,12,15-16H,5,7-10,13H2,1-3H3;1,4-5,10,13-14H,3,6-8,11H2;1-2,8,11-12H,3-6,9H2,(H,20,21);1-5H/t17-,19-;15-,16-;13-,14-;11-,12+;/m0001./s1. The van der Waals surface area contributed by atoms with Crippen LogP contribution < -0.4 is 19.6 Å². The van der Waals surface area contributed by atoms with E-state index in [4.69, 9.17) is 37.3 Å². The monoisotopic (exact) mass is 1500 g/mol. The number of carbonyl (C=O) groups is 7. The van der Waals surface area contributed by atoms with Gasteiger partial charge < -0.3 is 49.0 Å². The van der Waals surface area contributed by atoms with E-state index in [2.05, 4.69) is 94.8 Å². The third kappa shape index (κ3) is 18.8. The lowest BCUT2D eigenvalue weighted by molar-refractivity contribution is -0.155. The molecule has 8 saturated heterocycles. The minimum absolute atomic E-state index is 0.0196. The third-order valence-electron chi connectivity index (χ3n) is 21.2. The summed E-state index contributed by atoms with van der Waals surface area (Å²) in [5.41, 5.74) is 4.87. The number of fused-ring (bicyclic) bond motifs is 6. The Morgan fingerprint density at radius 3 is 1.30 bits per heavy atom. The number of esters is 1. The predicted octanol–water partition coefficient (Wildman–Crippen LogP) is 6.19. The number of hydrogen-bond acceptors (Lipinski definition) is 24. The molecular weight excluding hydrogens is 1410 g/mol. The molecule has 570 valence electrons. The molecule has 0 spiro atoms. The number of aldehydes is 1. The molecule has 16 rings (SSSR count). The molecule has 8 aromatic heterocycles.